The van der Waals surface area contributed by atoms with E-state index in [1.807, 2.05) is 23.9 Å². The topological polar surface area (TPSA) is 77.4 Å². The Labute approximate surface area is 118 Å². The molecule has 0 aliphatic heterocycles. The van der Waals surface area contributed by atoms with Gasteiger partial charge in [0.2, 0.25) is 0 Å². The van der Waals surface area contributed by atoms with Crippen LogP contribution in [0.3, 0.4) is 0 Å². The van der Waals surface area contributed by atoms with Crippen LogP contribution in [0, 0.1) is 22.7 Å². The number of hydrogen-bond acceptors (Lipinski definition) is 4. The molecular weight excluding hydrogens is 250 g/mol. The molecule has 100 valence electrons. The third kappa shape index (κ3) is 2.78. The zero-order chi connectivity index (χ0) is 14.5. The van der Waals surface area contributed by atoms with Crippen LogP contribution in [0.2, 0.25) is 0 Å². The molecule has 1 aromatic heterocycles. The fourth-order valence-electron chi connectivity index (χ4n) is 1.95. The Morgan fingerprint density at radius 3 is 2.55 bits per heavy atom. The van der Waals surface area contributed by atoms with Crippen molar-refractivity contribution in [1.82, 2.24) is 9.78 Å². The van der Waals surface area contributed by atoms with Crippen molar-refractivity contribution in [3.8, 4) is 12.1 Å². The first kappa shape index (κ1) is 13.6. The molecule has 0 bridgehead atoms. The van der Waals surface area contributed by atoms with Crippen LogP contribution in [0.1, 0.15) is 29.4 Å². The Hall–Kier alpha value is -2.79. The molecule has 1 N–H and O–H groups in total. The maximum atomic E-state index is 9.00. The summed E-state index contributed by atoms with van der Waals surface area (Å²) in [6, 6.07) is 11.2. The molecule has 2 rings (SSSR count). The molecule has 5 heteroatoms. The number of anilines is 1. The van der Waals surface area contributed by atoms with Crippen LogP contribution in [0.5, 0.6) is 0 Å². The fraction of sp³-hybridized carbons (Fsp3) is 0.267. The lowest BCUT2D eigenvalue weighted by Crippen LogP contribution is -2.05. The van der Waals surface area contributed by atoms with Gasteiger partial charge in [0, 0.05) is 12.7 Å². The van der Waals surface area contributed by atoms with E-state index in [9.17, 15) is 0 Å². The van der Waals surface area contributed by atoms with E-state index < -0.39 is 0 Å². The van der Waals surface area contributed by atoms with E-state index >= 15 is 0 Å². The number of hydrogen-bond donors (Lipinski definition) is 1. The highest BCUT2D eigenvalue weighted by molar-refractivity contribution is 5.56. The zero-order valence-corrected chi connectivity index (χ0v) is 11.5. The zero-order valence-electron chi connectivity index (χ0n) is 11.5. The third-order valence-corrected chi connectivity index (χ3v) is 3.12. The van der Waals surface area contributed by atoms with Crippen molar-refractivity contribution in [2.75, 3.05) is 5.32 Å². The quantitative estimate of drug-likeness (QED) is 0.920. The largest absolute Gasteiger partial charge is 0.379 e. The highest BCUT2D eigenvalue weighted by Crippen LogP contribution is 2.16. The number of aryl methyl sites for hydroxylation is 2. The maximum absolute atomic E-state index is 9.00. The highest BCUT2D eigenvalue weighted by Gasteiger charge is 2.05. The molecule has 0 saturated carbocycles. The van der Waals surface area contributed by atoms with Gasteiger partial charge in [-0.25, -0.2) is 0 Å². The van der Waals surface area contributed by atoms with Gasteiger partial charge in [-0.15, -0.1) is 0 Å². The molecule has 0 unspecified atom stereocenters. The molecule has 0 atom stereocenters. The van der Waals surface area contributed by atoms with Crippen molar-refractivity contribution in [2.24, 2.45) is 7.05 Å². The van der Waals surface area contributed by atoms with Crippen LogP contribution in [0.4, 0.5) is 5.69 Å². The molecule has 2 aromatic rings. The second-order valence-corrected chi connectivity index (χ2v) is 4.44. The molecule has 5 nitrogen and oxygen atoms in total. The van der Waals surface area contributed by atoms with Crippen molar-refractivity contribution < 1.29 is 0 Å². The molecule has 20 heavy (non-hydrogen) atoms. The lowest BCUT2D eigenvalue weighted by molar-refractivity contribution is 0.707. The maximum Gasteiger partial charge on any atom is 0.101 e. The fourth-order valence-corrected chi connectivity index (χ4v) is 1.95. The van der Waals surface area contributed by atoms with Crippen molar-refractivity contribution in [1.29, 1.82) is 10.5 Å². The van der Waals surface area contributed by atoms with E-state index in [2.05, 4.69) is 23.4 Å². The summed E-state index contributed by atoms with van der Waals surface area (Å²) in [6.07, 6.45) is 0.906. The van der Waals surface area contributed by atoms with E-state index in [0.29, 0.717) is 17.7 Å². The second-order valence-electron chi connectivity index (χ2n) is 4.44. The number of nitrogens with one attached hydrogen (secondary N) is 1. The van der Waals surface area contributed by atoms with E-state index in [0.717, 1.165) is 23.5 Å². The molecule has 0 aliphatic rings. The Bertz CT molecular complexity index is 700. The number of nitriles is 2. The summed E-state index contributed by atoms with van der Waals surface area (Å²) in [5.74, 6) is 0. The molecule has 1 aromatic carbocycles. The Kier molecular flexibility index (Phi) is 4.02. The Morgan fingerprint density at radius 1 is 1.20 bits per heavy atom. The van der Waals surface area contributed by atoms with Crippen LogP contribution < -0.4 is 5.32 Å². The van der Waals surface area contributed by atoms with Gasteiger partial charge in [0.1, 0.15) is 12.1 Å². The normalized spacial score (nSPS) is 9.80. The predicted octanol–water partition coefficient (Wildman–Crippen LogP) is 2.34. The van der Waals surface area contributed by atoms with Crippen LogP contribution >= 0.6 is 0 Å². The van der Waals surface area contributed by atoms with E-state index in [1.54, 1.807) is 18.2 Å². The smallest absolute Gasteiger partial charge is 0.101 e. The van der Waals surface area contributed by atoms with Crippen LogP contribution in [0.15, 0.2) is 24.3 Å². The molecule has 1 heterocycles. The molecule has 0 radical (unpaired) electrons. The van der Waals surface area contributed by atoms with Gasteiger partial charge >= 0.3 is 0 Å². The van der Waals surface area contributed by atoms with Gasteiger partial charge in [-0.1, -0.05) is 6.92 Å². The van der Waals surface area contributed by atoms with E-state index in [4.69, 9.17) is 10.5 Å². The number of nitrogens with zero attached hydrogens (tertiary/aromatic N) is 4. The first-order chi connectivity index (χ1) is 9.67. The molecule has 0 fully saturated rings. The van der Waals surface area contributed by atoms with Crippen molar-refractivity contribution >= 4 is 5.69 Å². The van der Waals surface area contributed by atoms with Gasteiger partial charge in [-0.3, -0.25) is 4.68 Å². The molecule has 0 spiro atoms. The minimum absolute atomic E-state index is 0.386. The summed E-state index contributed by atoms with van der Waals surface area (Å²) in [4.78, 5) is 0. The molecular formula is C15H15N5. The first-order valence-electron chi connectivity index (χ1n) is 6.37. The van der Waals surface area contributed by atoms with Gasteiger partial charge in [0.25, 0.3) is 0 Å². The number of benzene rings is 1. The molecule has 0 saturated heterocycles. The average Bonchev–Trinajstić information content (AvgIpc) is 2.85. The minimum atomic E-state index is 0.386. The summed E-state index contributed by atoms with van der Waals surface area (Å²) in [6.45, 7) is 2.69. The summed E-state index contributed by atoms with van der Waals surface area (Å²) in [5, 5.41) is 25.5. The Morgan fingerprint density at radius 2 is 1.95 bits per heavy atom. The van der Waals surface area contributed by atoms with Crippen LogP contribution in [0.25, 0.3) is 0 Å². The summed E-state index contributed by atoms with van der Waals surface area (Å²) < 4.78 is 1.85. The monoisotopic (exact) mass is 265 g/mol. The van der Waals surface area contributed by atoms with Gasteiger partial charge < -0.3 is 5.32 Å². The highest BCUT2D eigenvalue weighted by atomic mass is 15.3. The Balaban J connectivity index is 2.13. The van der Waals surface area contributed by atoms with Gasteiger partial charge in [0.15, 0.2) is 0 Å². The van der Waals surface area contributed by atoms with Gasteiger partial charge in [0.05, 0.1) is 29.1 Å². The lowest BCUT2D eigenvalue weighted by Gasteiger charge is -2.07. The third-order valence-electron chi connectivity index (χ3n) is 3.12. The average molecular weight is 265 g/mol. The summed E-state index contributed by atoms with van der Waals surface area (Å²) in [7, 11) is 1.91. The minimum Gasteiger partial charge on any atom is -0.379 e. The molecule has 0 amide bonds. The lowest BCUT2D eigenvalue weighted by atomic mass is 10.1. The predicted molar refractivity (Wildman–Crippen MR) is 75.8 cm³/mol. The standard InChI is InChI=1S/C15H15N5/c1-3-13-7-15(20(2)19-13)10-18-14-5-4-11(8-16)12(6-14)9-17/h4-7,18H,3,10H2,1-2H3. The van der Waals surface area contributed by atoms with Crippen LogP contribution in [-0.2, 0) is 20.0 Å². The van der Waals surface area contributed by atoms with E-state index in [-0.39, 0.29) is 0 Å². The van der Waals surface area contributed by atoms with E-state index in [1.165, 1.54) is 0 Å². The number of aromatic nitrogens is 2. The van der Waals surface area contributed by atoms with Gasteiger partial charge in [-0.2, -0.15) is 15.6 Å². The van der Waals surface area contributed by atoms with Crippen LogP contribution in [-0.4, -0.2) is 9.78 Å². The summed E-state index contributed by atoms with van der Waals surface area (Å²) in [5.41, 5.74) is 3.73. The summed E-state index contributed by atoms with van der Waals surface area (Å²) >= 11 is 0. The SMILES string of the molecule is CCc1cc(CNc2ccc(C#N)c(C#N)c2)n(C)n1. The first-order valence-corrected chi connectivity index (χ1v) is 6.37. The second kappa shape index (κ2) is 5.90. The van der Waals surface area contributed by atoms with Crippen molar-refractivity contribution in [3.05, 3.63) is 46.8 Å². The molecule has 0 aliphatic carbocycles. The number of rotatable bonds is 4. The van der Waals surface area contributed by atoms with Gasteiger partial charge in [-0.05, 0) is 30.7 Å². The van der Waals surface area contributed by atoms with Crippen molar-refractivity contribution in [3.63, 3.8) is 0 Å². The van der Waals surface area contributed by atoms with Crippen molar-refractivity contribution in [2.45, 2.75) is 19.9 Å².